The van der Waals surface area contributed by atoms with Crippen molar-refractivity contribution in [2.45, 2.75) is 38.5 Å². The minimum absolute atomic E-state index is 0.208. The molecule has 2 aliphatic heterocycles. The van der Waals surface area contributed by atoms with Gasteiger partial charge in [0.25, 0.3) is 5.56 Å². The molecule has 148 valence electrons. The number of aliphatic hydroxyl groups is 1. The predicted molar refractivity (Wildman–Crippen MR) is 99.2 cm³/mol. The summed E-state index contributed by atoms with van der Waals surface area (Å²) in [5.74, 6) is -2.53. The van der Waals surface area contributed by atoms with E-state index in [4.69, 9.17) is 4.74 Å². The fourth-order valence-electron chi connectivity index (χ4n) is 4.18. The van der Waals surface area contributed by atoms with Crippen LogP contribution < -0.4 is 5.56 Å². The van der Waals surface area contributed by atoms with E-state index in [1.165, 1.54) is 4.57 Å². The lowest BCUT2D eigenvalue weighted by atomic mass is 9.97. The number of aliphatic hydroxyl groups excluding tert-OH is 1. The van der Waals surface area contributed by atoms with Crippen LogP contribution in [0.5, 0.6) is 0 Å². The largest absolute Gasteiger partial charge is 0.457 e. The molecule has 0 radical (unpaired) electrons. The standard InChI is InChI=1S/C21H16F2N2O4/c1-2-17-19-11(16(26)7-18(27)29-17)5-15-20-10(8-25(15)21(19)28)3-9-4-12(22)13(23)6-14(9)24-20/h3-6,16-17,26H,2,7-8H2,1H3/t16?,17-/m1/s1. The number of esters is 1. The van der Waals surface area contributed by atoms with Crippen molar-refractivity contribution in [1.82, 2.24) is 9.55 Å². The molecule has 5 rings (SSSR count). The quantitative estimate of drug-likeness (QED) is 0.498. The summed E-state index contributed by atoms with van der Waals surface area (Å²) in [5.41, 5.74) is 2.16. The highest BCUT2D eigenvalue weighted by atomic mass is 19.2. The number of hydrogen-bond donors (Lipinski definition) is 1. The topological polar surface area (TPSA) is 81.4 Å². The van der Waals surface area contributed by atoms with Crippen LogP contribution in [-0.4, -0.2) is 20.6 Å². The molecule has 0 fully saturated rings. The number of aromatic nitrogens is 2. The molecule has 1 unspecified atom stereocenters. The van der Waals surface area contributed by atoms with Gasteiger partial charge in [-0.1, -0.05) is 6.92 Å². The van der Waals surface area contributed by atoms with Gasteiger partial charge in [0.05, 0.1) is 41.5 Å². The Hall–Kier alpha value is -3.13. The molecule has 0 aliphatic carbocycles. The Bertz CT molecular complexity index is 1270. The zero-order valence-corrected chi connectivity index (χ0v) is 15.4. The smallest absolute Gasteiger partial charge is 0.309 e. The first-order valence-corrected chi connectivity index (χ1v) is 9.31. The SMILES string of the molecule is CC[C@H]1OC(=O)CC(O)c2cc3n(c(=O)c21)Cc1cc2cc(F)c(F)cc2nc1-3. The lowest BCUT2D eigenvalue weighted by molar-refractivity contribution is -0.150. The molecule has 0 saturated carbocycles. The molecule has 1 N–H and O–H groups in total. The van der Waals surface area contributed by atoms with Crippen molar-refractivity contribution in [1.29, 1.82) is 0 Å². The van der Waals surface area contributed by atoms with Gasteiger partial charge in [-0.2, -0.15) is 0 Å². The van der Waals surface area contributed by atoms with E-state index in [0.717, 1.165) is 12.1 Å². The van der Waals surface area contributed by atoms with Crippen LogP contribution in [0.25, 0.3) is 22.3 Å². The summed E-state index contributed by atoms with van der Waals surface area (Å²) < 4.78 is 34.1. The molecule has 1 aromatic carbocycles. The molecule has 8 heteroatoms. The number of carbonyl (C=O) groups excluding carboxylic acids is 1. The normalized spacial score (nSPS) is 20.1. The molecule has 29 heavy (non-hydrogen) atoms. The van der Waals surface area contributed by atoms with Gasteiger partial charge in [0, 0.05) is 17.0 Å². The van der Waals surface area contributed by atoms with E-state index in [-0.39, 0.29) is 29.6 Å². The highest BCUT2D eigenvalue weighted by molar-refractivity contribution is 5.84. The molecule has 3 aromatic rings. The van der Waals surface area contributed by atoms with Gasteiger partial charge in [0.1, 0.15) is 6.10 Å². The van der Waals surface area contributed by atoms with Crippen LogP contribution in [0.3, 0.4) is 0 Å². The number of pyridine rings is 2. The van der Waals surface area contributed by atoms with Crippen LogP contribution >= 0.6 is 0 Å². The first-order chi connectivity index (χ1) is 13.9. The number of hydrogen-bond acceptors (Lipinski definition) is 5. The van der Waals surface area contributed by atoms with E-state index in [2.05, 4.69) is 4.98 Å². The van der Waals surface area contributed by atoms with Crippen molar-refractivity contribution in [3.8, 4) is 11.4 Å². The van der Waals surface area contributed by atoms with Gasteiger partial charge in [-0.25, -0.2) is 13.8 Å². The second-order valence-corrected chi connectivity index (χ2v) is 7.35. The van der Waals surface area contributed by atoms with E-state index < -0.39 is 29.8 Å². The van der Waals surface area contributed by atoms with Crippen molar-refractivity contribution < 1.29 is 23.4 Å². The number of ether oxygens (including phenoxy) is 1. The Morgan fingerprint density at radius 3 is 2.72 bits per heavy atom. The van der Waals surface area contributed by atoms with Crippen LogP contribution in [0, 0.1) is 11.6 Å². The highest BCUT2D eigenvalue weighted by Crippen LogP contribution is 2.38. The summed E-state index contributed by atoms with van der Waals surface area (Å²) in [6, 6.07) is 5.43. The predicted octanol–water partition coefficient (Wildman–Crippen LogP) is 3.13. The first kappa shape index (κ1) is 17.9. The monoisotopic (exact) mass is 398 g/mol. The van der Waals surface area contributed by atoms with Gasteiger partial charge >= 0.3 is 5.97 Å². The Balaban J connectivity index is 1.76. The molecular weight excluding hydrogens is 382 g/mol. The number of carbonyl (C=O) groups is 1. The Morgan fingerprint density at radius 1 is 1.21 bits per heavy atom. The molecule has 2 aliphatic rings. The zero-order chi connectivity index (χ0) is 20.4. The number of nitrogens with zero attached hydrogens (tertiary/aromatic N) is 2. The minimum atomic E-state index is -1.16. The maximum atomic E-state index is 13.7. The second-order valence-electron chi connectivity index (χ2n) is 7.35. The van der Waals surface area contributed by atoms with Gasteiger partial charge in [-0.15, -0.1) is 0 Å². The lowest BCUT2D eigenvalue weighted by Gasteiger charge is -2.18. The van der Waals surface area contributed by atoms with Crippen molar-refractivity contribution >= 4 is 16.9 Å². The summed E-state index contributed by atoms with van der Waals surface area (Å²) >= 11 is 0. The van der Waals surface area contributed by atoms with E-state index in [9.17, 15) is 23.5 Å². The zero-order valence-electron chi connectivity index (χ0n) is 15.4. The fraction of sp³-hybridized carbons (Fsp3) is 0.286. The number of halogens is 2. The molecule has 6 nitrogen and oxygen atoms in total. The summed E-state index contributed by atoms with van der Waals surface area (Å²) in [5, 5.41) is 10.9. The van der Waals surface area contributed by atoms with Crippen molar-refractivity contribution in [3.05, 3.63) is 62.9 Å². The third kappa shape index (κ3) is 2.59. The van der Waals surface area contributed by atoms with Gasteiger partial charge in [0.15, 0.2) is 11.6 Å². The number of rotatable bonds is 1. The molecular formula is C21H16F2N2O4. The average Bonchev–Trinajstić information content (AvgIpc) is 2.97. The second kappa shape index (κ2) is 6.18. The van der Waals surface area contributed by atoms with Gasteiger partial charge in [-0.3, -0.25) is 9.59 Å². The van der Waals surface area contributed by atoms with Gasteiger partial charge in [-0.05, 0) is 30.2 Å². The van der Waals surface area contributed by atoms with Crippen LogP contribution in [-0.2, 0) is 16.1 Å². The molecule has 0 spiro atoms. The van der Waals surface area contributed by atoms with Crippen LogP contribution in [0.2, 0.25) is 0 Å². The summed E-state index contributed by atoms with van der Waals surface area (Å²) in [7, 11) is 0. The van der Waals surface area contributed by atoms with E-state index in [1.807, 2.05) is 0 Å². The fourth-order valence-corrected chi connectivity index (χ4v) is 4.18. The maximum absolute atomic E-state index is 13.7. The van der Waals surface area contributed by atoms with Crippen molar-refractivity contribution in [3.63, 3.8) is 0 Å². The van der Waals surface area contributed by atoms with Crippen LogP contribution in [0.15, 0.2) is 29.1 Å². The van der Waals surface area contributed by atoms with Crippen molar-refractivity contribution in [2.75, 3.05) is 0 Å². The first-order valence-electron chi connectivity index (χ1n) is 9.31. The molecule has 0 amide bonds. The van der Waals surface area contributed by atoms with Gasteiger partial charge < -0.3 is 14.4 Å². The Labute approximate surface area is 163 Å². The molecule has 2 aromatic heterocycles. The molecule has 0 saturated heterocycles. The number of fused-ring (bicyclic) bond motifs is 5. The van der Waals surface area contributed by atoms with Gasteiger partial charge in [0.2, 0.25) is 0 Å². The minimum Gasteiger partial charge on any atom is -0.457 e. The van der Waals surface area contributed by atoms with Crippen LogP contribution in [0.1, 0.15) is 48.7 Å². The molecule has 0 bridgehead atoms. The van der Waals surface area contributed by atoms with Crippen molar-refractivity contribution in [2.24, 2.45) is 0 Å². The Morgan fingerprint density at radius 2 is 1.97 bits per heavy atom. The van der Waals surface area contributed by atoms with E-state index in [1.54, 1.807) is 19.1 Å². The lowest BCUT2D eigenvalue weighted by Crippen LogP contribution is -2.27. The third-order valence-electron chi connectivity index (χ3n) is 5.56. The molecule has 2 atom stereocenters. The maximum Gasteiger partial charge on any atom is 0.309 e. The highest BCUT2D eigenvalue weighted by Gasteiger charge is 2.34. The number of benzene rings is 1. The average molecular weight is 398 g/mol. The summed E-state index contributed by atoms with van der Waals surface area (Å²) in [6.45, 7) is 2.00. The summed E-state index contributed by atoms with van der Waals surface area (Å²) in [6.07, 6.45) is -1.75. The summed E-state index contributed by atoms with van der Waals surface area (Å²) in [4.78, 5) is 29.6. The van der Waals surface area contributed by atoms with E-state index in [0.29, 0.717) is 34.3 Å². The Kier molecular flexibility index (Phi) is 3.82. The van der Waals surface area contributed by atoms with E-state index >= 15 is 0 Å². The third-order valence-corrected chi connectivity index (χ3v) is 5.56. The number of cyclic esters (lactones) is 1. The molecule has 4 heterocycles. The van der Waals surface area contributed by atoms with Crippen LogP contribution in [0.4, 0.5) is 8.78 Å².